The average molecular weight is 214 g/mol. The normalized spacial score (nSPS) is 14.7. The van der Waals surface area contributed by atoms with Gasteiger partial charge in [0.15, 0.2) is 0 Å². The molecule has 0 aromatic carbocycles. The monoisotopic (exact) mass is 214 g/mol. The van der Waals surface area contributed by atoms with Crippen LogP contribution >= 0.6 is 30.3 Å². The Bertz CT molecular complexity index is 38.5. The average Bonchev–Trinajstić information content (AvgIpc) is 1.35. The van der Waals surface area contributed by atoms with Gasteiger partial charge in [0.2, 0.25) is 0 Å². The van der Waals surface area contributed by atoms with Gasteiger partial charge in [0.05, 0.1) is 0 Å². The molecule has 0 unspecified atom stereocenters. The van der Waals surface area contributed by atoms with Gasteiger partial charge in [-0.3, -0.25) is 0 Å². The molecule has 0 nitrogen and oxygen atoms in total. The number of hydrogen-bond donors (Lipinski definition) is 0. The number of rotatable bonds is 1. The standard InChI is InChI=1S/C2H5Cl3Se/c1-2-6(3,4)5/h2H2,1H3. The van der Waals surface area contributed by atoms with Crippen molar-refractivity contribution in [3.63, 3.8) is 0 Å². The summed E-state index contributed by atoms with van der Waals surface area (Å²) < 4.78 is 0. The molecule has 0 aliphatic carbocycles. The van der Waals surface area contributed by atoms with Gasteiger partial charge < -0.3 is 0 Å². The van der Waals surface area contributed by atoms with Gasteiger partial charge in [-0.1, -0.05) is 0 Å². The molecule has 0 bridgehead atoms. The van der Waals surface area contributed by atoms with Crippen molar-refractivity contribution in [2.45, 2.75) is 12.2 Å². The summed E-state index contributed by atoms with van der Waals surface area (Å²) in [4.78, 5) is 0. The van der Waals surface area contributed by atoms with Crippen molar-refractivity contribution in [1.29, 1.82) is 0 Å². The van der Waals surface area contributed by atoms with Gasteiger partial charge in [0.1, 0.15) is 0 Å². The molecule has 0 aromatic heterocycles. The van der Waals surface area contributed by atoms with Crippen LogP contribution in [0.25, 0.3) is 0 Å². The van der Waals surface area contributed by atoms with Gasteiger partial charge >= 0.3 is 52.6 Å². The van der Waals surface area contributed by atoms with Gasteiger partial charge in [-0.05, 0) is 0 Å². The zero-order valence-corrected chi connectivity index (χ0v) is 7.23. The van der Waals surface area contributed by atoms with Gasteiger partial charge in [-0.15, -0.1) is 0 Å². The van der Waals surface area contributed by atoms with Crippen molar-refractivity contribution in [2.75, 3.05) is 0 Å². The first kappa shape index (κ1) is 7.39. The van der Waals surface area contributed by atoms with Gasteiger partial charge in [0, 0.05) is 0 Å². The molecule has 0 amide bonds. The molecule has 0 aromatic rings. The Morgan fingerprint density at radius 1 is 1.33 bits per heavy atom. The van der Waals surface area contributed by atoms with Crippen molar-refractivity contribution in [3.05, 3.63) is 0 Å². The van der Waals surface area contributed by atoms with E-state index < -0.39 is 10.1 Å². The van der Waals surface area contributed by atoms with Crippen molar-refractivity contribution in [1.82, 2.24) is 0 Å². The molecular formula is C2H5Cl3Se. The topological polar surface area (TPSA) is 0 Å². The fourth-order valence-electron chi connectivity index (χ4n) is 0. The zero-order valence-electron chi connectivity index (χ0n) is 3.25. The Labute approximate surface area is 52.7 Å². The minimum absolute atomic E-state index is 0.723. The van der Waals surface area contributed by atoms with Crippen LogP contribution in [0.1, 0.15) is 6.92 Å². The number of halogens is 3. The summed E-state index contributed by atoms with van der Waals surface area (Å²) in [5.41, 5.74) is 0. The predicted octanol–water partition coefficient (Wildman–Crippen LogP) is 2.66. The van der Waals surface area contributed by atoms with E-state index in [1.807, 2.05) is 6.92 Å². The van der Waals surface area contributed by atoms with Gasteiger partial charge in [-0.2, -0.15) is 0 Å². The van der Waals surface area contributed by atoms with Crippen molar-refractivity contribution in [2.24, 2.45) is 0 Å². The summed E-state index contributed by atoms with van der Waals surface area (Å²) in [7, 11) is 13.9. The Balaban J connectivity index is 3.17. The van der Waals surface area contributed by atoms with E-state index in [9.17, 15) is 0 Å². The molecule has 0 spiro atoms. The Kier molecular flexibility index (Phi) is 3.25. The Hall–Kier alpha value is 1.39. The SMILES string of the molecule is CC[Se](Cl)(Cl)Cl. The first-order valence-corrected chi connectivity index (χ1v) is 9.42. The summed E-state index contributed by atoms with van der Waals surface area (Å²) in [5, 5.41) is 0.723. The molecule has 0 rings (SSSR count). The van der Waals surface area contributed by atoms with E-state index in [1.54, 1.807) is 0 Å². The summed E-state index contributed by atoms with van der Waals surface area (Å²) in [6.07, 6.45) is 0. The molecule has 0 saturated heterocycles. The predicted molar refractivity (Wildman–Crippen MR) is 33.8 cm³/mol. The first-order chi connectivity index (χ1) is 2.56. The summed E-state index contributed by atoms with van der Waals surface area (Å²) in [6.45, 7) is 1.88. The van der Waals surface area contributed by atoms with Crippen LogP contribution in [-0.4, -0.2) is 10.1 Å². The van der Waals surface area contributed by atoms with Crippen LogP contribution < -0.4 is 0 Å². The van der Waals surface area contributed by atoms with Crippen LogP contribution in [0.4, 0.5) is 0 Å². The molecule has 40 valence electrons. The minimum atomic E-state index is -2.36. The quantitative estimate of drug-likeness (QED) is 0.589. The molecule has 0 atom stereocenters. The molecule has 0 N–H and O–H groups in total. The van der Waals surface area contributed by atoms with E-state index in [2.05, 4.69) is 0 Å². The molecule has 0 aliphatic rings. The maximum atomic E-state index is 5.40. The van der Waals surface area contributed by atoms with Crippen LogP contribution in [0.3, 0.4) is 0 Å². The first-order valence-electron chi connectivity index (χ1n) is 1.46. The van der Waals surface area contributed by atoms with E-state index >= 15 is 0 Å². The Morgan fingerprint density at radius 2 is 1.50 bits per heavy atom. The van der Waals surface area contributed by atoms with Crippen LogP contribution in [0, 0.1) is 0 Å². The van der Waals surface area contributed by atoms with E-state index in [0.29, 0.717) is 0 Å². The number of hydrogen-bond acceptors (Lipinski definition) is 0. The third-order valence-corrected chi connectivity index (χ3v) is 5.10. The summed E-state index contributed by atoms with van der Waals surface area (Å²) >= 11 is 0. The van der Waals surface area contributed by atoms with Crippen LogP contribution in [0.15, 0.2) is 0 Å². The second kappa shape index (κ2) is 2.64. The van der Waals surface area contributed by atoms with Crippen molar-refractivity contribution >= 4 is 40.4 Å². The molecule has 0 heterocycles. The van der Waals surface area contributed by atoms with E-state index in [-0.39, 0.29) is 0 Å². The van der Waals surface area contributed by atoms with E-state index in [0.717, 1.165) is 5.32 Å². The molecule has 6 heavy (non-hydrogen) atoms. The van der Waals surface area contributed by atoms with Crippen LogP contribution in [0.2, 0.25) is 5.32 Å². The molecular weight excluding hydrogens is 209 g/mol. The fraction of sp³-hybridized carbons (Fsp3) is 1.00. The fourth-order valence-corrected chi connectivity index (χ4v) is 0. The van der Waals surface area contributed by atoms with Crippen molar-refractivity contribution in [3.8, 4) is 0 Å². The van der Waals surface area contributed by atoms with Crippen LogP contribution in [0.5, 0.6) is 0 Å². The second-order valence-corrected chi connectivity index (χ2v) is 14.8. The second-order valence-electron chi connectivity index (χ2n) is 0.791. The van der Waals surface area contributed by atoms with E-state index in [4.69, 9.17) is 30.3 Å². The van der Waals surface area contributed by atoms with E-state index in [1.165, 1.54) is 0 Å². The molecule has 4 heteroatoms. The maximum absolute atomic E-state index is 5.40. The van der Waals surface area contributed by atoms with Gasteiger partial charge in [-0.25, -0.2) is 0 Å². The van der Waals surface area contributed by atoms with Crippen LogP contribution in [-0.2, 0) is 0 Å². The third kappa shape index (κ3) is 5.39. The molecule has 0 aliphatic heterocycles. The zero-order chi connectivity index (χ0) is 5.21. The van der Waals surface area contributed by atoms with Gasteiger partial charge in [0.25, 0.3) is 0 Å². The third-order valence-electron chi connectivity index (χ3n) is 0.327. The van der Waals surface area contributed by atoms with Crippen molar-refractivity contribution < 1.29 is 0 Å². The Morgan fingerprint density at radius 3 is 1.50 bits per heavy atom. The molecule has 0 fully saturated rings. The molecule has 0 saturated carbocycles. The molecule has 0 radical (unpaired) electrons. The summed E-state index contributed by atoms with van der Waals surface area (Å²) in [6, 6.07) is 0. The summed E-state index contributed by atoms with van der Waals surface area (Å²) in [5.74, 6) is 0.